The molecule has 0 fully saturated rings. The summed E-state index contributed by atoms with van der Waals surface area (Å²) in [5, 5.41) is 22.7. The van der Waals surface area contributed by atoms with Crippen molar-refractivity contribution in [2.45, 2.75) is 12.4 Å². The summed E-state index contributed by atoms with van der Waals surface area (Å²) in [6, 6.07) is 3.24. The Morgan fingerprint density at radius 1 is 0.880 bits per heavy atom. The maximum atomic E-state index is 12.7. The molecule has 0 spiro atoms. The highest BCUT2D eigenvalue weighted by Gasteiger charge is 2.34. The van der Waals surface area contributed by atoms with Crippen LogP contribution in [0, 0.1) is 10.1 Å². The second-order valence-electron chi connectivity index (χ2n) is 4.84. The fourth-order valence-corrected chi connectivity index (χ4v) is 1.92. The van der Waals surface area contributed by atoms with Crippen LogP contribution in [0.5, 0.6) is 5.75 Å². The Bertz CT molecular complexity index is 817. The van der Waals surface area contributed by atoms with E-state index in [-0.39, 0.29) is 6.07 Å². The van der Waals surface area contributed by atoms with E-state index in [9.17, 15) is 41.6 Å². The number of benzene rings is 2. The fourth-order valence-electron chi connectivity index (χ4n) is 1.92. The molecule has 0 heterocycles. The van der Waals surface area contributed by atoms with E-state index in [1.807, 2.05) is 0 Å². The van der Waals surface area contributed by atoms with Crippen LogP contribution in [0.1, 0.15) is 11.1 Å². The Hall–Kier alpha value is -2.98. The second-order valence-corrected chi connectivity index (χ2v) is 4.84. The number of anilines is 2. The molecule has 2 N–H and O–H groups in total. The lowest BCUT2D eigenvalue weighted by atomic mass is 10.1. The second kappa shape index (κ2) is 6.15. The van der Waals surface area contributed by atoms with Crippen LogP contribution >= 0.6 is 0 Å². The molecule has 2 rings (SSSR count). The molecule has 0 aliphatic rings. The first-order valence-electron chi connectivity index (χ1n) is 6.42. The molecule has 0 atom stereocenters. The van der Waals surface area contributed by atoms with Crippen LogP contribution < -0.4 is 5.32 Å². The molecule has 0 bridgehead atoms. The normalized spacial score (nSPS) is 12.1. The number of hydrogen-bond donors (Lipinski definition) is 2. The minimum atomic E-state index is -4.83. The van der Waals surface area contributed by atoms with Crippen molar-refractivity contribution in [3.8, 4) is 5.75 Å². The third kappa shape index (κ3) is 4.11. The van der Waals surface area contributed by atoms with Crippen molar-refractivity contribution in [3.05, 3.63) is 57.6 Å². The van der Waals surface area contributed by atoms with E-state index in [0.29, 0.717) is 30.3 Å². The van der Waals surface area contributed by atoms with Crippen LogP contribution in [0.2, 0.25) is 0 Å². The molecule has 25 heavy (non-hydrogen) atoms. The molecule has 0 saturated carbocycles. The molecule has 2 aromatic rings. The van der Waals surface area contributed by atoms with E-state index in [1.54, 1.807) is 0 Å². The van der Waals surface area contributed by atoms with Crippen LogP contribution in [0.25, 0.3) is 0 Å². The van der Waals surface area contributed by atoms with Gasteiger partial charge in [-0.1, -0.05) is 0 Å². The Morgan fingerprint density at radius 2 is 1.40 bits per heavy atom. The number of hydrogen-bond acceptors (Lipinski definition) is 4. The first-order chi connectivity index (χ1) is 11.4. The van der Waals surface area contributed by atoms with Gasteiger partial charge in [0, 0.05) is 6.07 Å². The highest BCUT2D eigenvalue weighted by atomic mass is 19.4. The molecular weight excluding hydrogens is 358 g/mol. The van der Waals surface area contributed by atoms with E-state index < -0.39 is 51.2 Å². The van der Waals surface area contributed by atoms with Gasteiger partial charge in [-0.3, -0.25) is 10.1 Å². The quantitative estimate of drug-likeness (QED) is 0.344. The molecule has 0 saturated heterocycles. The average molecular weight is 366 g/mol. The summed E-state index contributed by atoms with van der Waals surface area (Å²) in [5.41, 5.74) is -4.50. The highest BCUT2D eigenvalue weighted by Crippen LogP contribution is 2.39. The minimum Gasteiger partial charge on any atom is -0.506 e. The largest absolute Gasteiger partial charge is 0.506 e. The van der Waals surface area contributed by atoms with Gasteiger partial charge in [0.2, 0.25) is 0 Å². The molecule has 2 aromatic carbocycles. The van der Waals surface area contributed by atoms with E-state index in [1.165, 1.54) is 0 Å². The van der Waals surface area contributed by atoms with Gasteiger partial charge in [0.05, 0.1) is 21.7 Å². The van der Waals surface area contributed by atoms with E-state index in [4.69, 9.17) is 0 Å². The minimum absolute atomic E-state index is 0.243. The molecule has 0 aliphatic heterocycles. The number of nitrogens with zero attached hydrogens (tertiary/aromatic N) is 1. The smallest absolute Gasteiger partial charge is 0.416 e. The molecule has 0 aliphatic carbocycles. The Kier molecular flexibility index (Phi) is 4.51. The zero-order valence-corrected chi connectivity index (χ0v) is 11.9. The first-order valence-corrected chi connectivity index (χ1v) is 6.42. The molecule has 134 valence electrons. The van der Waals surface area contributed by atoms with Gasteiger partial charge in [-0.2, -0.15) is 26.3 Å². The Labute approximate surface area is 135 Å². The van der Waals surface area contributed by atoms with Crippen molar-refractivity contribution in [1.82, 2.24) is 0 Å². The van der Waals surface area contributed by atoms with Gasteiger partial charge in [-0.25, -0.2) is 0 Å². The highest BCUT2D eigenvalue weighted by molar-refractivity contribution is 5.73. The summed E-state index contributed by atoms with van der Waals surface area (Å²) >= 11 is 0. The predicted octanol–water partition coefficient (Wildman–Crippen LogP) is 5.08. The van der Waals surface area contributed by atoms with Crippen molar-refractivity contribution in [1.29, 1.82) is 0 Å². The van der Waals surface area contributed by atoms with Gasteiger partial charge in [-0.15, -0.1) is 0 Å². The standard InChI is InChI=1S/C14H8F6N2O3/c15-13(16,17)7-2-4-12(23)10(5-7)21-9-3-1-8(14(18,19)20)6-11(9)22(24)25/h1-6,21,23H. The third-order valence-electron chi connectivity index (χ3n) is 3.11. The van der Waals surface area contributed by atoms with Gasteiger partial charge >= 0.3 is 12.4 Å². The summed E-state index contributed by atoms with van der Waals surface area (Å²) in [7, 11) is 0. The number of nitrogens with one attached hydrogen (secondary N) is 1. The summed E-state index contributed by atoms with van der Waals surface area (Å²) in [6.07, 6.45) is -9.57. The number of alkyl halides is 6. The molecule has 5 nitrogen and oxygen atoms in total. The summed E-state index contributed by atoms with van der Waals surface area (Å²) in [5.74, 6) is -0.665. The number of halogens is 6. The number of nitro groups is 1. The van der Waals surface area contributed by atoms with Crippen molar-refractivity contribution in [2.75, 3.05) is 5.32 Å². The number of phenolic OH excluding ortho intramolecular Hbond substituents is 1. The van der Waals surface area contributed by atoms with Crippen LogP contribution in [-0.2, 0) is 12.4 Å². The Morgan fingerprint density at radius 3 is 1.92 bits per heavy atom. The third-order valence-corrected chi connectivity index (χ3v) is 3.11. The van der Waals surface area contributed by atoms with Crippen LogP contribution in [0.4, 0.5) is 43.4 Å². The van der Waals surface area contributed by atoms with Crippen molar-refractivity contribution in [3.63, 3.8) is 0 Å². The van der Waals surface area contributed by atoms with Gasteiger partial charge in [0.1, 0.15) is 11.4 Å². The number of aromatic hydroxyl groups is 1. The van der Waals surface area contributed by atoms with Gasteiger partial charge in [0.15, 0.2) is 0 Å². The molecule has 11 heteroatoms. The lowest BCUT2D eigenvalue weighted by Crippen LogP contribution is -2.08. The average Bonchev–Trinajstić information content (AvgIpc) is 2.47. The lowest BCUT2D eigenvalue weighted by Gasteiger charge is -2.13. The van der Waals surface area contributed by atoms with Crippen molar-refractivity contribution >= 4 is 17.1 Å². The molecule has 0 radical (unpaired) electrons. The Balaban J connectivity index is 2.49. The van der Waals surface area contributed by atoms with E-state index in [2.05, 4.69) is 5.32 Å². The van der Waals surface area contributed by atoms with Gasteiger partial charge in [0.25, 0.3) is 5.69 Å². The zero-order valence-electron chi connectivity index (χ0n) is 11.9. The number of rotatable bonds is 3. The monoisotopic (exact) mass is 366 g/mol. The summed E-state index contributed by atoms with van der Waals surface area (Å²) in [6.45, 7) is 0. The first kappa shape index (κ1) is 18.4. The topological polar surface area (TPSA) is 75.4 Å². The van der Waals surface area contributed by atoms with Crippen molar-refractivity contribution < 1.29 is 36.4 Å². The number of nitro benzene ring substituents is 1. The van der Waals surface area contributed by atoms with Crippen LogP contribution in [-0.4, -0.2) is 10.0 Å². The van der Waals surface area contributed by atoms with E-state index >= 15 is 0 Å². The maximum absolute atomic E-state index is 12.7. The van der Waals surface area contributed by atoms with Crippen molar-refractivity contribution in [2.24, 2.45) is 0 Å². The van der Waals surface area contributed by atoms with E-state index in [0.717, 1.165) is 0 Å². The van der Waals surface area contributed by atoms with Crippen LogP contribution in [0.3, 0.4) is 0 Å². The fraction of sp³-hybridized carbons (Fsp3) is 0.143. The molecule has 0 unspecified atom stereocenters. The summed E-state index contributed by atoms with van der Waals surface area (Å²) in [4.78, 5) is 9.84. The SMILES string of the molecule is O=[N+]([O-])c1cc(C(F)(F)F)ccc1Nc1cc(C(F)(F)F)ccc1O. The van der Waals surface area contributed by atoms with Crippen LogP contribution in [0.15, 0.2) is 36.4 Å². The lowest BCUT2D eigenvalue weighted by molar-refractivity contribution is -0.384. The predicted molar refractivity (Wildman–Crippen MR) is 74.5 cm³/mol. The molecule has 0 aromatic heterocycles. The maximum Gasteiger partial charge on any atom is 0.416 e. The number of phenols is 1. The molecule has 0 amide bonds. The molecular formula is C14H8F6N2O3. The van der Waals surface area contributed by atoms with Gasteiger partial charge < -0.3 is 10.4 Å². The van der Waals surface area contributed by atoms with Gasteiger partial charge in [-0.05, 0) is 30.3 Å². The zero-order chi connectivity index (χ0) is 19.0. The summed E-state index contributed by atoms with van der Waals surface area (Å²) < 4.78 is 76.0.